The highest BCUT2D eigenvalue weighted by molar-refractivity contribution is 6.21. The number of halogens is 1. The number of aliphatic carboxylic acids is 1. The van der Waals surface area contributed by atoms with Crippen LogP contribution in [0.15, 0.2) is 24.3 Å². The molecule has 0 aromatic rings. The number of aliphatic hydroxyl groups excluding tert-OH is 2. The molecule has 5 atom stereocenters. The summed E-state index contributed by atoms with van der Waals surface area (Å²) in [7, 11) is 0. The molecule has 0 spiro atoms. The third kappa shape index (κ3) is 8.89. The summed E-state index contributed by atoms with van der Waals surface area (Å²) in [4.78, 5) is 10.4. The number of carboxylic acid groups (broad SMARTS) is 1. The summed E-state index contributed by atoms with van der Waals surface area (Å²) in [5.74, 6) is -0.709. The van der Waals surface area contributed by atoms with Crippen LogP contribution in [0.5, 0.6) is 0 Å². The Balaban J connectivity index is 2.43. The summed E-state index contributed by atoms with van der Waals surface area (Å²) in [5.41, 5.74) is 0. The van der Waals surface area contributed by atoms with Gasteiger partial charge in [-0.25, -0.2) is 4.79 Å². The van der Waals surface area contributed by atoms with Crippen molar-refractivity contribution in [3.05, 3.63) is 24.3 Å². The largest absolute Gasteiger partial charge is 0.478 e. The van der Waals surface area contributed by atoms with Gasteiger partial charge in [-0.05, 0) is 38.0 Å². The zero-order valence-corrected chi connectivity index (χ0v) is 15.9. The van der Waals surface area contributed by atoms with Crippen LogP contribution >= 0.6 is 11.6 Å². The predicted molar refractivity (Wildman–Crippen MR) is 102 cm³/mol. The van der Waals surface area contributed by atoms with Crippen molar-refractivity contribution in [2.45, 2.75) is 82.3 Å². The second-order valence-corrected chi connectivity index (χ2v) is 7.59. The van der Waals surface area contributed by atoms with Gasteiger partial charge in [-0.15, -0.1) is 11.6 Å². The Morgan fingerprint density at radius 3 is 2.72 bits per heavy atom. The molecule has 0 amide bonds. The second-order valence-electron chi connectivity index (χ2n) is 7.03. The third-order valence-corrected chi connectivity index (χ3v) is 5.45. The zero-order valence-electron chi connectivity index (χ0n) is 15.2. The standard InChI is InChI=1S/C20H33ClO4/c1-2-3-6-9-15(22)12-13-17-16(18(21)14-19(17)23)10-7-4-5-8-11-20(24)25/h8,11-13,15-19,22-23H,2-7,9-10,14H2,1H3,(H,24,25)/b11-8+,13-12+/t15-,16+,17+,18+,19+/m0/s1. The van der Waals surface area contributed by atoms with Crippen molar-refractivity contribution < 1.29 is 20.1 Å². The Labute approximate surface area is 156 Å². The Morgan fingerprint density at radius 2 is 2.04 bits per heavy atom. The normalized spacial score (nSPS) is 28.2. The summed E-state index contributed by atoms with van der Waals surface area (Å²) in [5, 5.41) is 28.8. The van der Waals surface area contributed by atoms with Crippen molar-refractivity contribution in [2.75, 3.05) is 0 Å². The first-order chi connectivity index (χ1) is 12.0. The molecule has 0 aromatic carbocycles. The molecule has 1 rings (SSSR count). The summed E-state index contributed by atoms with van der Waals surface area (Å²) >= 11 is 6.42. The summed E-state index contributed by atoms with van der Waals surface area (Å²) in [6.45, 7) is 2.14. The minimum Gasteiger partial charge on any atom is -0.478 e. The van der Waals surface area contributed by atoms with Crippen LogP contribution in [0.4, 0.5) is 0 Å². The third-order valence-electron chi connectivity index (χ3n) is 4.95. The van der Waals surface area contributed by atoms with Crippen LogP contribution in [0.1, 0.15) is 64.7 Å². The van der Waals surface area contributed by atoms with Crippen LogP contribution in [0.2, 0.25) is 0 Å². The maximum absolute atomic E-state index is 10.4. The number of carboxylic acids is 1. The van der Waals surface area contributed by atoms with E-state index in [4.69, 9.17) is 16.7 Å². The first kappa shape index (κ1) is 22.2. The Hall–Kier alpha value is -0.840. The first-order valence-electron chi connectivity index (χ1n) is 9.53. The minimum atomic E-state index is -0.914. The van der Waals surface area contributed by atoms with Crippen molar-refractivity contribution >= 4 is 17.6 Å². The van der Waals surface area contributed by atoms with Crippen LogP contribution in [0, 0.1) is 11.8 Å². The van der Waals surface area contributed by atoms with Crippen LogP contribution in [-0.4, -0.2) is 38.9 Å². The molecule has 25 heavy (non-hydrogen) atoms. The van der Waals surface area contributed by atoms with E-state index in [2.05, 4.69) is 6.92 Å². The van der Waals surface area contributed by atoms with Gasteiger partial charge in [-0.1, -0.05) is 50.8 Å². The van der Waals surface area contributed by atoms with E-state index in [1.807, 2.05) is 12.2 Å². The quantitative estimate of drug-likeness (QED) is 0.207. The lowest BCUT2D eigenvalue weighted by atomic mass is 9.88. The second kappa shape index (κ2) is 12.5. The molecule has 144 valence electrons. The van der Waals surface area contributed by atoms with Crippen molar-refractivity contribution in [1.82, 2.24) is 0 Å². The average Bonchev–Trinajstić information content (AvgIpc) is 2.82. The lowest BCUT2D eigenvalue weighted by Crippen LogP contribution is -2.19. The van der Waals surface area contributed by atoms with Crippen LogP contribution < -0.4 is 0 Å². The molecule has 0 saturated heterocycles. The van der Waals surface area contributed by atoms with Gasteiger partial charge in [0.15, 0.2) is 0 Å². The summed E-state index contributed by atoms with van der Waals surface area (Å²) < 4.78 is 0. The molecule has 3 N–H and O–H groups in total. The highest BCUT2D eigenvalue weighted by Gasteiger charge is 2.39. The molecule has 5 heteroatoms. The van der Waals surface area contributed by atoms with Crippen LogP contribution in [0.25, 0.3) is 0 Å². The lowest BCUT2D eigenvalue weighted by molar-refractivity contribution is -0.131. The van der Waals surface area contributed by atoms with E-state index in [1.165, 1.54) is 6.08 Å². The number of aliphatic hydroxyl groups is 2. The van der Waals surface area contributed by atoms with E-state index in [-0.39, 0.29) is 17.2 Å². The predicted octanol–water partition coefficient (Wildman–Crippen LogP) is 4.29. The van der Waals surface area contributed by atoms with E-state index in [0.29, 0.717) is 6.42 Å². The van der Waals surface area contributed by atoms with Crippen LogP contribution in [-0.2, 0) is 4.79 Å². The van der Waals surface area contributed by atoms with Crippen LogP contribution in [0.3, 0.4) is 0 Å². The van der Waals surface area contributed by atoms with E-state index in [9.17, 15) is 15.0 Å². The number of rotatable bonds is 12. The zero-order chi connectivity index (χ0) is 18.7. The molecule has 0 bridgehead atoms. The maximum Gasteiger partial charge on any atom is 0.327 e. The van der Waals surface area contributed by atoms with Gasteiger partial charge in [-0.3, -0.25) is 0 Å². The first-order valence-corrected chi connectivity index (χ1v) is 9.97. The average molecular weight is 373 g/mol. The van der Waals surface area contributed by atoms with E-state index < -0.39 is 18.2 Å². The fraction of sp³-hybridized carbons (Fsp3) is 0.750. The van der Waals surface area contributed by atoms with Crippen molar-refractivity contribution in [3.63, 3.8) is 0 Å². The fourth-order valence-electron chi connectivity index (χ4n) is 3.52. The molecule has 0 aliphatic heterocycles. The smallest absolute Gasteiger partial charge is 0.327 e. The van der Waals surface area contributed by atoms with E-state index in [0.717, 1.165) is 51.4 Å². The number of allylic oxidation sites excluding steroid dienone is 1. The Kier molecular flexibility index (Phi) is 11.1. The van der Waals surface area contributed by atoms with E-state index >= 15 is 0 Å². The molecule has 1 fully saturated rings. The van der Waals surface area contributed by atoms with Gasteiger partial charge in [0.25, 0.3) is 0 Å². The molecule has 1 saturated carbocycles. The SMILES string of the molecule is CCCCC[C@H](O)/C=C/[C@@H]1[C@@H](CCCC/C=C/C(=O)O)[C@H](Cl)C[C@H]1O. The molecule has 0 aromatic heterocycles. The minimum absolute atomic E-state index is 0.00196. The van der Waals surface area contributed by atoms with Crippen molar-refractivity contribution in [2.24, 2.45) is 11.8 Å². The monoisotopic (exact) mass is 372 g/mol. The van der Waals surface area contributed by atoms with Crippen molar-refractivity contribution in [3.8, 4) is 0 Å². The van der Waals surface area contributed by atoms with Gasteiger partial charge < -0.3 is 15.3 Å². The number of hydrogen-bond donors (Lipinski definition) is 3. The Bertz CT molecular complexity index is 435. The maximum atomic E-state index is 10.4. The number of alkyl halides is 1. The molecule has 0 radical (unpaired) electrons. The van der Waals surface area contributed by atoms with E-state index in [1.54, 1.807) is 6.08 Å². The molecule has 0 unspecified atom stereocenters. The molecule has 4 nitrogen and oxygen atoms in total. The highest BCUT2D eigenvalue weighted by Crippen LogP contribution is 2.40. The number of unbranched alkanes of at least 4 members (excludes halogenated alkanes) is 4. The van der Waals surface area contributed by atoms with Gasteiger partial charge in [0.1, 0.15) is 0 Å². The van der Waals surface area contributed by atoms with Gasteiger partial charge in [0.05, 0.1) is 12.2 Å². The number of carbonyl (C=O) groups is 1. The fourth-order valence-corrected chi connectivity index (χ4v) is 3.99. The lowest BCUT2D eigenvalue weighted by Gasteiger charge is -2.21. The van der Waals surface area contributed by atoms with Gasteiger partial charge in [-0.2, -0.15) is 0 Å². The molecule has 1 aliphatic rings. The van der Waals surface area contributed by atoms with Gasteiger partial charge >= 0.3 is 5.97 Å². The summed E-state index contributed by atoms with van der Waals surface area (Å²) in [6, 6.07) is 0. The van der Waals surface area contributed by atoms with Crippen molar-refractivity contribution in [1.29, 1.82) is 0 Å². The Morgan fingerprint density at radius 1 is 1.28 bits per heavy atom. The molecule has 1 aliphatic carbocycles. The highest BCUT2D eigenvalue weighted by atomic mass is 35.5. The molecular weight excluding hydrogens is 340 g/mol. The topological polar surface area (TPSA) is 77.8 Å². The van der Waals surface area contributed by atoms with Gasteiger partial charge in [0.2, 0.25) is 0 Å². The number of hydrogen-bond acceptors (Lipinski definition) is 3. The molecular formula is C20H33ClO4. The molecule has 0 heterocycles. The van der Waals surface area contributed by atoms with Gasteiger partial charge in [0, 0.05) is 17.4 Å². The summed E-state index contributed by atoms with van der Waals surface area (Å²) in [6.07, 6.45) is 13.9.